The smallest absolute Gasteiger partial charge is 0.408 e. The van der Waals surface area contributed by atoms with Gasteiger partial charge >= 0.3 is 12.1 Å². The van der Waals surface area contributed by atoms with Crippen LogP contribution in [-0.4, -0.2) is 28.8 Å². The maximum atomic E-state index is 11.9. The van der Waals surface area contributed by atoms with E-state index in [0.29, 0.717) is 6.61 Å². The number of rotatable bonds is 7. The number of benzene rings is 2. The zero-order valence-electron chi connectivity index (χ0n) is 16.1. The first-order valence-electron chi connectivity index (χ1n) is 8.81. The minimum atomic E-state index is -1.12. The van der Waals surface area contributed by atoms with E-state index in [1.165, 1.54) is 0 Å². The summed E-state index contributed by atoms with van der Waals surface area (Å²) in [5.74, 6) is -0.398. The van der Waals surface area contributed by atoms with Crippen LogP contribution in [0.25, 0.3) is 0 Å². The number of aliphatic carboxylic acids is 1. The van der Waals surface area contributed by atoms with Gasteiger partial charge < -0.3 is 19.9 Å². The van der Waals surface area contributed by atoms with Crippen LogP contribution >= 0.6 is 22.6 Å². The standard InChI is InChI=1S/C21H24INO5/c1-21(2,3)28-20(26)23-17(19(24)25)12-15-9-10-18(16(22)11-15)27-13-14-7-5-4-6-8-14/h4-11,17H,12-13H2,1-3H3,(H,23,26)(H,24,25)/t17-/m0/s1. The van der Waals surface area contributed by atoms with Crippen LogP contribution in [0.4, 0.5) is 4.79 Å². The van der Waals surface area contributed by atoms with Gasteiger partial charge in [-0.3, -0.25) is 0 Å². The maximum Gasteiger partial charge on any atom is 0.408 e. The number of ether oxygens (including phenoxy) is 2. The molecule has 0 spiro atoms. The molecule has 2 N–H and O–H groups in total. The largest absolute Gasteiger partial charge is 0.488 e. The summed E-state index contributed by atoms with van der Waals surface area (Å²) in [5.41, 5.74) is 1.15. The first-order valence-corrected chi connectivity index (χ1v) is 9.89. The zero-order chi connectivity index (χ0) is 20.7. The fourth-order valence-corrected chi connectivity index (χ4v) is 3.14. The molecular formula is C21H24INO5. The molecule has 1 atom stereocenters. The third-order valence-electron chi connectivity index (χ3n) is 3.66. The van der Waals surface area contributed by atoms with Crippen molar-refractivity contribution in [3.05, 3.63) is 63.2 Å². The SMILES string of the molecule is CC(C)(C)OC(=O)N[C@@H](Cc1ccc(OCc2ccccc2)c(I)c1)C(=O)O. The predicted molar refractivity (Wildman–Crippen MR) is 114 cm³/mol. The summed E-state index contributed by atoms with van der Waals surface area (Å²) in [4.78, 5) is 23.4. The van der Waals surface area contributed by atoms with E-state index in [1.807, 2.05) is 42.5 Å². The Labute approximate surface area is 178 Å². The molecule has 0 saturated heterocycles. The van der Waals surface area contributed by atoms with E-state index in [0.717, 1.165) is 20.4 Å². The normalized spacial score (nSPS) is 12.1. The minimum absolute atomic E-state index is 0.142. The highest BCUT2D eigenvalue weighted by Gasteiger charge is 2.24. The minimum Gasteiger partial charge on any atom is -0.488 e. The van der Waals surface area contributed by atoms with Crippen molar-refractivity contribution in [3.63, 3.8) is 0 Å². The van der Waals surface area contributed by atoms with Gasteiger partial charge in [0.25, 0.3) is 0 Å². The monoisotopic (exact) mass is 497 g/mol. The Balaban J connectivity index is 2.00. The fraction of sp³-hybridized carbons (Fsp3) is 0.333. The van der Waals surface area contributed by atoms with E-state index in [2.05, 4.69) is 27.9 Å². The molecule has 0 aromatic heterocycles. The van der Waals surface area contributed by atoms with Crippen LogP contribution in [0, 0.1) is 3.57 Å². The molecule has 0 aliphatic carbocycles. The average Bonchev–Trinajstić information content (AvgIpc) is 2.59. The number of carboxylic acids is 1. The Morgan fingerprint density at radius 1 is 1.11 bits per heavy atom. The molecular weight excluding hydrogens is 473 g/mol. The number of amides is 1. The first-order chi connectivity index (χ1) is 13.1. The second kappa shape index (κ2) is 9.77. The number of alkyl carbamates (subject to hydrolysis) is 1. The Kier molecular flexibility index (Phi) is 7.68. The molecule has 28 heavy (non-hydrogen) atoms. The van der Waals surface area contributed by atoms with Crippen molar-refractivity contribution in [1.29, 1.82) is 0 Å². The van der Waals surface area contributed by atoms with Gasteiger partial charge in [0, 0.05) is 6.42 Å². The molecule has 0 fully saturated rings. The molecule has 0 radical (unpaired) electrons. The van der Waals surface area contributed by atoms with Gasteiger partial charge in [-0.1, -0.05) is 36.4 Å². The fourth-order valence-electron chi connectivity index (χ4n) is 2.41. The lowest BCUT2D eigenvalue weighted by Gasteiger charge is -2.22. The molecule has 150 valence electrons. The summed E-state index contributed by atoms with van der Waals surface area (Å²) < 4.78 is 11.8. The first kappa shape index (κ1) is 22.0. The highest BCUT2D eigenvalue weighted by atomic mass is 127. The van der Waals surface area contributed by atoms with E-state index in [1.54, 1.807) is 26.8 Å². The van der Waals surface area contributed by atoms with Crippen molar-refractivity contribution in [2.24, 2.45) is 0 Å². The molecule has 2 rings (SSSR count). The van der Waals surface area contributed by atoms with Crippen molar-refractivity contribution in [2.45, 2.75) is 45.4 Å². The van der Waals surface area contributed by atoms with Crippen molar-refractivity contribution < 1.29 is 24.2 Å². The summed E-state index contributed by atoms with van der Waals surface area (Å²) >= 11 is 2.15. The van der Waals surface area contributed by atoms with E-state index >= 15 is 0 Å². The van der Waals surface area contributed by atoms with Crippen LogP contribution in [0.1, 0.15) is 31.9 Å². The van der Waals surface area contributed by atoms with Crippen LogP contribution in [0.5, 0.6) is 5.75 Å². The molecule has 2 aromatic carbocycles. The van der Waals surface area contributed by atoms with Crippen LogP contribution in [0.2, 0.25) is 0 Å². The van der Waals surface area contributed by atoms with Gasteiger partial charge in [0.15, 0.2) is 0 Å². The molecule has 0 aliphatic rings. The molecule has 0 aliphatic heterocycles. The Bertz CT molecular complexity index is 817. The number of carbonyl (C=O) groups excluding carboxylic acids is 1. The van der Waals surface area contributed by atoms with E-state index in [4.69, 9.17) is 9.47 Å². The number of halogens is 1. The second-order valence-electron chi connectivity index (χ2n) is 7.28. The van der Waals surface area contributed by atoms with Gasteiger partial charge in [0.1, 0.15) is 24.0 Å². The van der Waals surface area contributed by atoms with Crippen LogP contribution in [-0.2, 0) is 22.6 Å². The Morgan fingerprint density at radius 2 is 1.79 bits per heavy atom. The molecule has 0 bridgehead atoms. The number of carboxylic acid groups (broad SMARTS) is 1. The third kappa shape index (κ3) is 7.38. The molecule has 0 saturated carbocycles. The summed E-state index contributed by atoms with van der Waals surface area (Å²) in [6.07, 6.45) is -0.610. The highest BCUT2D eigenvalue weighted by molar-refractivity contribution is 14.1. The number of carbonyl (C=O) groups is 2. The van der Waals surface area contributed by atoms with Gasteiger partial charge in [0.2, 0.25) is 0 Å². The Hall–Kier alpha value is -2.29. The summed E-state index contributed by atoms with van der Waals surface area (Å²) in [6, 6.07) is 14.2. The average molecular weight is 497 g/mol. The van der Waals surface area contributed by atoms with Gasteiger partial charge in [-0.05, 0) is 66.6 Å². The van der Waals surface area contributed by atoms with Crippen molar-refractivity contribution in [3.8, 4) is 5.75 Å². The molecule has 0 unspecified atom stereocenters. The van der Waals surface area contributed by atoms with Crippen LogP contribution in [0.15, 0.2) is 48.5 Å². The van der Waals surface area contributed by atoms with Gasteiger partial charge in [0.05, 0.1) is 3.57 Å². The van der Waals surface area contributed by atoms with Gasteiger partial charge in [-0.2, -0.15) is 0 Å². The van der Waals surface area contributed by atoms with Crippen molar-refractivity contribution in [2.75, 3.05) is 0 Å². The highest BCUT2D eigenvalue weighted by Crippen LogP contribution is 2.24. The summed E-state index contributed by atoms with van der Waals surface area (Å²) in [7, 11) is 0. The van der Waals surface area contributed by atoms with Crippen LogP contribution < -0.4 is 10.1 Å². The lowest BCUT2D eigenvalue weighted by molar-refractivity contribution is -0.139. The zero-order valence-corrected chi connectivity index (χ0v) is 18.2. The van der Waals surface area contributed by atoms with E-state index < -0.39 is 23.7 Å². The van der Waals surface area contributed by atoms with Crippen molar-refractivity contribution in [1.82, 2.24) is 5.32 Å². The molecule has 0 heterocycles. The molecule has 6 nitrogen and oxygen atoms in total. The van der Waals surface area contributed by atoms with Gasteiger partial charge in [-0.25, -0.2) is 9.59 Å². The van der Waals surface area contributed by atoms with Crippen molar-refractivity contribution >= 4 is 34.7 Å². The summed E-state index contributed by atoms with van der Waals surface area (Å²) in [5, 5.41) is 11.8. The second-order valence-corrected chi connectivity index (χ2v) is 8.44. The predicted octanol–water partition coefficient (Wildman–Crippen LogP) is 4.39. The third-order valence-corrected chi connectivity index (χ3v) is 4.51. The lowest BCUT2D eigenvalue weighted by atomic mass is 10.1. The van der Waals surface area contributed by atoms with E-state index in [9.17, 15) is 14.7 Å². The van der Waals surface area contributed by atoms with E-state index in [-0.39, 0.29) is 6.42 Å². The van der Waals surface area contributed by atoms with Crippen LogP contribution in [0.3, 0.4) is 0 Å². The van der Waals surface area contributed by atoms with Gasteiger partial charge in [-0.15, -0.1) is 0 Å². The molecule has 2 aromatic rings. The number of hydrogen-bond donors (Lipinski definition) is 2. The topological polar surface area (TPSA) is 84.9 Å². The maximum absolute atomic E-state index is 11.9. The Morgan fingerprint density at radius 3 is 2.36 bits per heavy atom. The number of nitrogens with one attached hydrogen (secondary N) is 1. The lowest BCUT2D eigenvalue weighted by Crippen LogP contribution is -2.44. The molecule has 7 heteroatoms. The quantitative estimate of drug-likeness (QED) is 0.555. The molecule has 1 amide bonds. The summed E-state index contributed by atoms with van der Waals surface area (Å²) in [6.45, 7) is 5.62. The number of hydrogen-bond acceptors (Lipinski definition) is 4.